The smallest absolute Gasteiger partial charge is 0.342 e. The lowest BCUT2D eigenvalue weighted by Gasteiger charge is -2.23. The number of hydrogen-bond donors (Lipinski definition) is 2. The number of nitrogens with zero attached hydrogens (tertiary/aromatic N) is 2. The number of sulfonamides is 1. The van der Waals surface area contributed by atoms with E-state index in [1.807, 2.05) is 0 Å². The van der Waals surface area contributed by atoms with E-state index >= 15 is 0 Å². The summed E-state index contributed by atoms with van der Waals surface area (Å²) in [6, 6.07) is 0.563. The first-order chi connectivity index (χ1) is 10.5. The number of rotatable bonds is 4. The molecule has 8 nitrogen and oxygen atoms in total. The average Bonchev–Trinajstić information content (AvgIpc) is 3.05. The molecule has 0 aliphatic carbocycles. The second-order valence-electron chi connectivity index (χ2n) is 5.62. The Morgan fingerprint density at radius 1 is 1.39 bits per heavy atom. The molecular formula is C13H21ClN4O4S. The third-order valence-corrected chi connectivity index (χ3v) is 6.02. The molecule has 1 aromatic rings. The molecule has 2 bridgehead atoms. The zero-order chi connectivity index (χ0) is 15.7. The summed E-state index contributed by atoms with van der Waals surface area (Å²) < 4.78 is 32.0. The molecule has 0 amide bonds. The molecule has 3 heterocycles. The predicted octanol–water partition coefficient (Wildman–Crippen LogP) is 0.523. The number of esters is 1. The Morgan fingerprint density at radius 2 is 2.13 bits per heavy atom. The molecule has 2 N–H and O–H groups in total. The molecule has 2 atom stereocenters. The lowest BCUT2D eigenvalue weighted by atomic mass is 10.1. The average molecular weight is 365 g/mol. The molecule has 0 radical (unpaired) electrons. The molecule has 2 saturated heterocycles. The van der Waals surface area contributed by atoms with Gasteiger partial charge in [-0.05, 0) is 26.2 Å². The van der Waals surface area contributed by atoms with E-state index in [0.29, 0.717) is 19.1 Å². The number of nitrogens with one attached hydrogen (secondary N) is 2. The second-order valence-corrected chi connectivity index (χ2v) is 7.50. The number of aromatic nitrogens is 2. The van der Waals surface area contributed by atoms with E-state index in [4.69, 9.17) is 4.74 Å². The summed E-state index contributed by atoms with van der Waals surface area (Å²) in [6.45, 7) is 2.71. The van der Waals surface area contributed by atoms with Crippen LogP contribution in [-0.2, 0) is 14.8 Å². The molecule has 2 fully saturated rings. The minimum atomic E-state index is -3.78. The summed E-state index contributed by atoms with van der Waals surface area (Å²) >= 11 is 0. The number of aromatic amines is 1. The van der Waals surface area contributed by atoms with Gasteiger partial charge in [0.25, 0.3) is 10.0 Å². The van der Waals surface area contributed by atoms with Crippen molar-refractivity contribution in [2.45, 2.75) is 43.3 Å². The fraction of sp³-hybridized carbons (Fsp3) is 0.692. The van der Waals surface area contributed by atoms with Crippen molar-refractivity contribution >= 4 is 28.4 Å². The summed E-state index contributed by atoms with van der Waals surface area (Å²) in [5, 5.41) is 9.41. The minimum Gasteiger partial charge on any atom is -0.462 e. The Labute approximate surface area is 141 Å². The first kappa shape index (κ1) is 18.2. The van der Waals surface area contributed by atoms with E-state index in [2.05, 4.69) is 15.5 Å². The number of fused-ring (bicyclic) bond motifs is 2. The SMILES string of the molecule is CCOC(=O)c1cn[nH]c1S(=O)(=O)N1CCC2CCC(C1)N2.Cl. The van der Waals surface area contributed by atoms with E-state index < -0.39 is 16.0 Å². The van der Waals surface area contributed by atoms with Crippen LogP contribution in [0.4, 0.5) is 0 Å². The summed E-state index contributed by atoms with van der Waals surface area (Å²) in [6.07, 6.45) is 4.05. The molecule has 2 aliphatic rings. The van der Waals surface area contributed by atoms with Gasteiger partial charge in [0.15, 0.2) is 5.03 Å². The fourth-order valence-electron chi connectivity index (χ4n) is 3.08. The highest BCUT2D eigenvalue weighted by Crippen LogP contribution is 2.25. The van der Waals surface area contributed by atoms with Crippen LogP contribution in [0.25, 0.3) is 0 Å². The van der Waals surface area contributed by atoms with E-state index in [9.17, 15) is 13.2 Å². The summed E-state index contributed by atoms with van der Waals surface area (Å²) in [5.74, 6) is -0.677. The Kier molecular flexibility index (Phi) is 5.66. The van der Waals surface area contributed by atoms with Crippen molar-refractivity contribution in [3.05, 3.63) is 11.8 Å². The first-order valence-corrected chi connectivity index (χ1v) is 8.93. The molecule has 0 saturated carbocycles. The van der Waals surface area contributed by atoms with Crippen LogP contribution in [0.3, 0.4) is 0 Å². The topological polar surface area (TPSA) is 104 Å². The highest BCUT2D eigenvalue weighted by Gasteiger charge is 2.37. The van der Waals surface area contributed by atoms with Crippen LogP contribution in [0, 0.1) is 0 Å². The van der Waals surface area contributed by atoms with Gasteiger partial charge < -0.3 is 10.1 Å². The van der Waals surface area contributed by atoms with E-state index in [0.717, 1.165) is 19.3 Å². The maximum atomic E-state index is 12.8. The maximum Gasteiger partial charge on any atom is 0.342 e. The summed E-state index contributed by atoms with van der Waals surface area (Å²) in [4.78, 5) is 11.9. The predicted molar refractivity (Wildman–Crippen MR) is 85.1 cm³/mol. The Hall–Kier alpha value is -1.16. The van der Waals surface area contributed by atoms with Gasteiger partial charge in [0.1, 0.15) is 5.56 Å². The van der Waals surface area contributed by atoms with Gasteiger partial charge in [0, 0.05) is 25.2 Å². The highest BCUT2D eigenvalue weighted by atomic mass is 35.5. The van der Waals surface area contributed by atoms with Crippen molar-refractivity contribution < 1.29 is 17.9 Å². The number of ether oxygens (including phenoxy) is 1. The summed E-state index contributed by atoms with van der Waals surface area (Å²) in [7, 11) is -3.78. The number of hydrogen-bond acceptors (Lipinski definition) is 6. The van der Waals surface area contributed by atoms with Crippen LogP contribution in [0.15, 0.2) is 11.2 Å². The quantitative estimate of drug-likeness (QED) is 0.755. The number of H-pyrrole nitrogens is 1. The molecule has 130 valence electrons. The van der Waals surface area contributed by atoms with Crippen molar-refractivity contribution in [1.82, 2.24) is 19.8 Å². The summed E-state index contributed by atoms with van der Waals surface area (Å²) in [5.41, 5.74) is -0.0378. The first-order valence-electron chi connectivity index (χ1n) is 7.49. The minimum absolute atomic E-state index is 0. The molecule has 2 aliphatic heterocycles. The van der Waals surface area contributed by atoms with Gasteiger partial charge in [0.2, 0.25) is 0 Å². The van der Waals surface area contributed by atoms with E-state index in [1.165, 1.54) is 10.5 Å². The van der Waals surface area contributed by atoms with Gasteiger partial charge in [-0.25, -0.2) is 13.2 Å². The molecule has 1 aromatic heterocycles. The molecule has 3 rings (SSSR count). The highest BCUT2D eigenvalue weighted by molar-refractivity contribution is 7.89. The third kappa shape index (κ3) is 3.52. The van der Waals surface area contributed by atoms with Gasteiger partial charge in [-0.3, -0.25) is 5.10 Å². The molecule has 10 heteroatoms. The lowest BCUT2D eigenvalue weighted by molar-refractivity contribution is 0.0521. The fourth-order valence-corrected chi connectivity index (χ4v) is 4.65. The Balaban J connectivity index is 0.00000192. The maximum absolute atomic E-state index is 12.8. The van der Waals surface area contributed by atoms with Gasteiger partial charge in [-0.15, -0.1) is 12.4 Å². The number of halogens is 1. The van der Waals surface area contributed by atoms with E-state index in [-0.39, 0.29) is 35.6 Å². The van der Waals surface area contributed by atoms with Gasteiger partial charge in [-0.2, -0.15) is 9.40 Å². The van der Waals surface area contributed by atoms with Crippen LogP contribution < -0.4 is 5.32 Å². The molecular weight excluding hydrogens is 344 g/mol. The van der Waals surface area contributed by atoms with Gasteiger partial charge >= 0.3 is 5.97 Å². The molecule has 0 spiro atoms. The van der Waals surface area contributed by atoms with Gasteiger partial charge in [0.05, 0.1) is 12.8 Å². The molecule has 23 heavy (non-hydrogen) atoms. The van der Waals surface area contributed by atoms with Crippen molar-refractivity contribution in [1.29, 1.82) is 0 Å². The van der Waals surface area contributed by atoms with Gasteiger partial charge in [-0.1, -0.05) is 0 Å². The van der Waals surface area contributed by atoms with Crippen molar-refractivity contribution in [3.8, 4) is 0 Å². The zero-order valence-corrected chi connectivity index (χ0v) is 14.5. The number of carbonyl (C=O) groups is 1. The van der Waals surface area contributed by atoms with Crippen LogP contribution in [0.1, 0.15) is 36.5 Å². The normalized spacial score (nSPS) is 24.7. The zero-order valence-electron chi connectivity index (χ0n) is 12.8. The second kappa shape index (κ2) is 7.16. The lowest BCUT2D eigenvalue weighted by Crippen LogP contribution is -2.39. The van der Waals surface area contributed by atoms with Crippen molar-refractivity contribution in [3.63, 3.8) is 0 Å². The van der Waals surface area contributed by atoms with Crippen molar-refractivity contribution in [2.24, 2.45) is 0 Å². The monoisotopic (exact) mass is 364 g/mol. The van der Waals surface area contributed by atoms with Crippen LogP contribution in [0.5, 0.6) is 0 Å². The van der Waals surface area contributed by atoms with Crippen LogP contribution >= 0.6 is 12.4 Å². The van der Waals surface area contributed by atoms with E-state index in [1.54, 1.807) is 6.92 Å². The third-order valence-electron chi connectivity index (χ3n) is 4.18. The number of carbonyl (C=O) groups excluding carboxylic acids is 1. The molecule has 0 aromatic carbocycles. The van der Waals surface area contributed by atoms with Crippen molar-refractivity contribution in [2.75, 3.05) is 19.7 Å². The largest absolute Gasteiger partial charge is 0.462 e. The molecule has 2 unspecified atom stereocenters. The Bertz CT molecular complexity index is 663. The standard InChI is InChI=1S/C13H20N4O4S.ClH/c1-2-21-13(18)11-7-14-16-12(11)22(19,20)17-6-5-9-3-4-10(8-17)15-9;/h7,9-10,15H,2-6,8H2,1H3,(H,14,16);1H. The van der Waals surface area contributed by atoms with Crippen LogP contribution in [0.2, 0.25) is 0 Å². The Morgan fingerprint density at radius 3 is 2.87 bits per heavy atom. The van der Waals surface area contributed by atoms with Crippen LogP contribution in [-0.4, -0.2) is 60.7 Å².